The van der Waals surface area contributed by atoms with Crippen LogP contribution >= 0.6 is 16.5 Å². The second kappa shape index (κ2) is 15.4. The summed E-state index contributed by atoms with van der Waals surface area (Å²) in [5.74, 6) is 3.81. The molecule has 12 heteroatoms. The Morgan fingerprint density at radius 3 is 1.02 bits per heavy atom. The minimum atomic E-state index is -2.02. The third-order valence-electron chi connectivity index (χ3n) is 12.5. The van der Waals surface area contributed by atoms with Gasteiger partial charge in [0.25, 0.3) is 0 Å². The summed E-state index contributed by atoms with van der Waals surface area (Å²) in [5, 5.41) is 3.33. The Morgan fingerprint density at radius 2 is 0.688 bits per heavy atom. The molecule has 2 aromatic heterocycles. The van der Waals surface area contributed by atoms with Gasteiger partial charge in [-0.3, -0.25) is 0 Å². The highest BCUT2D eigenvalue weighted by atomic mass is 31.1. The van der Waals surface area contributed by atoms with Gasteiger partial charge < -0.3 is 44.8 Å². The van der Waals surface area contributed by atoms with Crippen molar-refractivity contribution < 1.29 is 44.8 Å². The first-order chi connectivity index (χ1) is 31.2. The molecule has 10 nitrogen and oxygen atoms in total. The van der Waals surface area contributed by atoms with Crippen molar-refractivity contribution in [3.8, 4) is 34.5 Å². The second-order valence-corrected chi connectivity index (χ2v) is 18.3. The van der Waals surface area contributed by atoms with E-state index in [0.717, 1.165) is 66.1 Å². The van der Waals surface area contributed by atoms with E-state index in [-0.39, 0.29) is 11.8 Å². The smallest absolute Gasteiger partial charge is 0.453 e. The van der Waals surface area contributed by atoms with E-state index in [2.05, 4.69) is 48.5 Å². The van der Waals surface area contributed by atoms with Crippen molar-refractivity contribution in [1.82, 2.24) is 0 Å². The molecule has 7 aromatic carbocycles. The van der Waals surface area contributed by atoms with Crippen LogP contribution in [0.3, 0.4) is 0 Å². The minimum absolute atomic E-state index is 0.0949. The lowest BCUT2D eigenvalue weighted by molar-refractivity contribution is 0.414. The summed E-state index contributed by atoms with van der Waals surface area (Å²) in [6, 6.07) is 36.9. The lowest BCUT2D eigenvalue weighted by Crippen LogP contribution is -2.28. The van der Waals surface area contributed by atoms with Crippen molar-refractivity contribution in [2.24, 2.45) is 0 Å². The number of benzene rings is 7. The summed E-state index contributed by atoms with van der Waals surface area (Å²) in [7, 11) is 2.60. The third-order valence-corrected chi connectivity index (χ3v) is 14.6. The zero-order valence-corrected chi connectivity index (χ0v) is 38.3. The van der Waals surface area contributed by atoms with Crippen LogP contribution < -0.4 is 28.0 Å². The van der Waals surface area contributed by atoms with E-state index in [1.54, 1.807) is 28.4 Å². The Labute approximate surface area is 371 Å². The van der Waals surface area contributed by atoms with Crippen molar-refractivity contribution >= 4 is 60.4 Å². The van der Waals surface area contributed by atoms with Gasteiger partial charge >= 0.3 is 16.5 Å². The standard InChI is InChI=1S/C52H44O10P2/c1-27-19-31(53-5)23-39-40-24-32(54-6)20-28(2)50(40)60-63(59-49(27)39)57-43-17-11-15-37-45-35-13-9-10-14-36(35)48(46(37)43)47-38(45)16-12-18-44(47)58-64-61-51-29(3)21-33(55-7)25-41(51)42-26-34(56-8)22-30(4)52(42)62-64/h9-26,45,48H,1-8H3. The number of hydrogen-bond donors (Lipinski definition) is 0. The van der Waals surface area contributed by atoms with E-state index in [0.29, 0.717) is 56.8 Å². The molecule has 3 aliphatic carbocycles. The molecular weight excluding hydrogens is 847 g/mol. The first-order valence-electron chi connectivity index (χ1n) is 20.9. The molecule has 0 radical (unpaired) electrons. The normalized spacial score (nSPS) is 14.6. The fourth-order valence-electron chi connectivity index (χ4n) is 9.69. The SMILES string of the molecule is COc1cc(C)c2op(Oc3cccc4c3C3c5ccccc5C4c4cccc(Op5oc6c(C)cc(OC)cc6c6cc(OC)cc(C)c6o5)c43)oc3c(C)cc(OC)cc3c2c1. The Hall–Kier alpha value is -6.86. The van der Waals surface area contributed by atoms with Gasteiger partial charge in [0.2, 0.25) is 0 Å². The third kappa shape index (κ3) is 6.30. The van der Waals surface area contributed by atoms with Gasteiger partial charge in [-0.15, -0.1) is 0 Å². The van der Waals surface area contributed by atoms with Crippen molar-refractivity contribution in [2.75, 3.05) is 28.4 Å². The summed E-state index contributed by atoms with van der Waals surface area (Å²) in [6.45, 7) is 8.01. The van der Waals surface area contributed by atoms with Crippen LogP contribution in [0, 0.1) is 27.7 Å². The Morgan fingerprint density at radius 1 is 0.375 bits per heavy atom. The molecule has 0 saturated heterocycles. The summed E-state index contributed by atoms with van der Waals surface area (Å²) in [4.78, 5) is 0. The lowest BCUT2D eigenvalue weighted by atomic mass is 9.61. The van der Waals surface area contributed by atoms with Gasteiger partial charge in [0.05, 0.1) is 28.4 Å². The molecular formula is C52H44O10P2. The monoisotopic (exact) mass is 890 g/mol. The number of ether oxygens (including phenoxy) is 4. The highest BCUT2D eigenvalue weighted by Crippen LogP contribution is 2.61. The fraction of sp³-hybridized carbons (Fsp3) is 0.192. The molecule has 0 spiro atoms. The number of rotatable bonds is 8. The number of hydrogen-bond acceptors (Lipinski definition) is 10. The van der Waals surface area contributed by atoms with E-state index in [4.69, 9.17) is 44.8 Å². The first kappa shape index (κ1) is 40.0. The summed E-state index contributed by atoms with van der Waals surface area (Å²) in [5.41, 5.74) is 13.0. The molecule has 2 heterocycles. The van der Waals surface area contributed by atoms with E-state index in [1.165, 1.54) is 11.1 Å². The first-order valence-corrected chi connectivity index (χ1v) is 23.1. The largest absolute Gasteiger partial charge is 0.497 e. The van der Waals surface area contributed by atoms with Crippen molar-refractivity contribution in [2.45, 2.75) is 39.5 Å². The average molecular weight is 891 g/mol. The van der Waals surface area contributed by atoms with Crippen LogP contribution in [0.4, 0.5) is 0 Å². The number of methoxy groups -OCH3 is 4. The van der Waals surface area contributed by atoms with Crippen molar-refractivity contribution in [1.29, 1.82) is 0 Å². The average Bonchev–Trinajstić information content (AvgIpc) is 3.57. The van der Waals surface area contributed by atoms with Crippen LogP contribution in [0.1, 0.15) is 67.5 Å². The van der Waals surface area contributed by atoms with Crippen LogP contribution in [0.15, 0.2) is 126 Å². The van der Waals surface area contributed by atoms with Gasteiger partial charge in [-0.1, -0.05) is 48.5 Å². The maximum atomic E-state index is 7.05. The van der Waals surface area contributed by atoms with Crippen molar-refractivity contribution in [3.63, 3.8) is 0 Å². The molecule has 12 rings (SSSR count). The van der Waals surface area contributed by atoms with Crippen LogP contribution in [0.25, 0.3) is 43.9 Å². The topological polar surface area (TPSA) is 108 Å². The van der Waals surface area contributed by atoms with E-state index in [9.17, 15) is 0 Å². The maximum absolute atomic E-state index is 7.05. The van der Waals surface area contributed by atoms with Gasteiger partial charge in [0.1, 0.15) is 56.8 Å². The van der Waals surface area contributed by atoms with Crippen LogP contribution in [0.5, 0.6) is 34.5 Å². The predicted octanol–water partition coefficient (Wildman–Crippen LogP) is 14.8. The second-order valence-electron chi connectivity index (χ2n) is 16.3. The molecule has 322 valence electrons. The molecule has 0 saturated carbocycles. The summed E-state index contributed by atoms with van der Waals surface area (Å²) in [6.07, 6.45) is 0. The zero-order valence-electron chi connectivity index (χ0n) is 36.5. The van der Waals surface area contributed by atoms with Crippen molar-refractivity contribution in [3.05, 3.63) is 165 Å². The molecule has 9 aromatic rings. The Balaban J connectivity index is 1.10. The van der Waals surface area contributed by atoms with Crippen LogP contribution in [0.2, 0.25) is 0 Å². The molecule has 64 heavy (non-hydrogen) atoms. The lowest BCUT2D eigenvalue weighted by Gasteiger charge is -2.42. The van der Waals surface area contributed by atoms with Gasteiger partial charge in [0, 0.05) is 44.5 Å². The van der Waals surface area contributed by atoms with Crippen LogP contribution in [-0.2, 0) is 0 Å². The van der Waals surface area contributed by atoms with E-state index >= 15 is 0 Å². The molecule has 0 amide bonds. The van der Waals surface area contributed by atoms with Crippen LogP contribution in [-0.4, -0.2) is 28.4 Å². The minimum Gasteiger partial charge on any atom is -0.497 e. The van der Waals surface area contributed by atoms with Gasteiger partial charge in [0.15, 0.2) is 0 Å². The molecule has 2 bridgehead atoms. The quantitative estimate of drug-likeness (QED) is 0.146. The number of fused-ring (bicyclic) bond motifs is 6. The highest BCUT2D eigenvalue weighted by molar-refractivity contribution is 7.32. The Bertz CT molecular complexity index is 3130. The molecule has 0 fully saturated rings. The summed E-state index contributed by atoms with van der Waals surface area (Å²) >= 11 is 0. The number of aryl methyl sites for hydroxylation is 4. The molecule has 0 atom stereocenters. The molecule has 0 unspecified atom stereocenters. The molecule has 0 aliphatic heterocycles. The van der Waals surface area contributed by atoms with E-state index in [1.807, 2.05) is 88.4 Å². The molecule has 3 aliphatic rings. The zero-order chi connectivity index (χ0) is 44.0. The van der Waals surface area contributed by atoms with Gasteiger partial charge in [-0.25, -0.2) is 0 Å². The maximum Gasteiger partial charge on any atom is 0.453 e. The molecule has 0 N–H and O–H groups in total. The Kier molecular flexibility index (Phi) is 9.64. The van der Waals surface area contributed by atoms with Gasteiger partial charge in [-0.2, -0.15) is 0 Å². The fourth-order valence-corrected chi connectivity index (χ4v) is 12.1. The summed E-state index contributed by atoms with van der Waals surface area (Å²) < 4.78 is 64.2. The van der Waals surface area contributed by atoms with Gasteiger partial charge in [-0.05, 0) is 133 Å². The van der Waals surface area contributed by atoms with E-state index < -0.39 is 16.5 Å². The highest BCUT2D eigenvalue weighted by Gasteiger charge is 2.45. The predicted molar refractivity (Wildman–Crippen MR) is 251 cm³/mol.